The molecule has 1 fully saturated rings. The summed E-state index contributed by atoms with van der Waals surface area (Å²) in [5.41, 5.74) is 1.16. The molecule has 2 aromatic rings. The maximum atomic E-state index is 4.92. The molecule has 19 heavy (non-hydrogen) atoms. The Hall–Kier alpha value is -2.18. The molecule has 0 unspecified atom stereocenters. The fourth-order valence-corrected chi connectivity index (χ4v) is 2.21. The first-order valence-electron chi connectivity index (χ1n) is 6.23. The number of methoxy groups -OCH3 is 1. The van der Waals surface area contributed by atoms with Crippen molar-refractivity contribution >= 4 is 11.6 Å². The molecular formula is C12H15N6O. The quantitative estimate of drug-likeness (QED) is 0.870. The van der Waals surface area contributed by atoms with Gasteiger partial charge in [-0.2, -0.15) is 15.2 Å². The Kier molecular flexibility index (Phi) is 3.26. The third kappa shape index (κ3) is 2.64. The van der Waals surface area contributed by atoms with Crippen molar-refractivity contribution in [3.8, 4) is 6.01 Å². The maximum absolute atomic E-state index is 4.92. The highest BCUT2D eigenvalue weighted by molar-refractivity contribution is 5.51. The Labute approximate surface area is 110 Å². The minimum Gasteiger partial charge on any atom is -0.466 e. The van der Waals surface area contributed by atoms with E-state index in [4.69, 9.17) is 4.74 Å². The average molecular weight is 259 g/mol. The van der Waals surface area contributed by atoms with Crippen molar-refractivity contribution in [2.45, 2.75) is 25.2 Å². The lowest BCUT2D eigenvalue weighted by molar-refractivity contribution is 0.374. The number of hydrogen-bond acceptors (Lipinski definition) is 6. The second-order valence-electron chi connectivity index (χ2n) is 4.46. The van der Waals surface area contributed by atoms with Gasteiger partial charge in [-0.1, -0.05) is 5.10 Å². The molecule has 0 aliphatic heterocycles. The molecule has 2 heterocycles. The van der Waals surface area contributed by atoms with Crippen molar-refractivity contribution in [1.82, 2.24) is 25.4 Å². The Morgan fingerprint density at radius 3 is 3.16 bits per heavy atom. The number of hydrogen-bond donors (Lipinski definition) is 2. The molecule has 2 N–H and O–H groups in total. The second-order valence-corrected chi connectivity index (χ2v) is 4.46. The highest BCUT2D eigenvalue weighted by Gasteiger charge is 2.19. The van der Waals surface area contributed by atoms with Gasteiger partial charge in [0.05, 0.1) is 13.3 Å². The van der Waals surface area contributed by atoms with Crippen molar-refractivity contribution in [2.75, 3.05) is 12.4 Å². The van der Waals surface area contributed by atoms with Crippen LogP contribution in [0.1, 0.15) is 30.9 Å². The largest absolute Gasteiger partial charge is 0.466 e. The van der Waals surface area contributed by atoms with E-state index in [-0.39, 0.29) is 6.01 Å². The zero-order chi connectivity index (χ0) is 13.1. The third-order valence-electron chi connectivity index (χ3n) is 3.19. The molecule has 0 saturated heterocycles. The van der Waals surface area contributed by atoms with Crippen LogP contribution >= 0.6 is 0 Å². The van der Waals surface area contributed by atoms with E-state index in [1.54, 1.807) is 0 Å². The van der Waals surface area contributed by atoms with Gasteiger partial charge in [0.25, 0.3) is 0 Å². The number of nitrogens with one attached hydrogen (secondary N) is 2. The molecule has 2 aromatic heterocycles. The standard InChI is InChI=1S/C12H15N6O/c1-19-12-15-11(7-13-18-12)14-10-6-9(16-17-10)8-4-2-3-5-8/h2,6-8H,3-5H2,1H3,(H2,14,15,16,17,18)/t8-/m0/s1. The van der Waals surface area contributed by atoms with Crippen LogP contribution in [0.5, 0.6) is 6.01 Å². The monoisotopic (exact) mass is 259 g/mol. The van der Waals surface area contributed by atoms with Gasteiger partial charge < -0.3 is 10.1 Å². The maximum Gasteiger partial charge on any atom is 0.337 e. The average Bonchev–Trinajstić information content (AvgIpc) is 3.09. The fourth-order valence-electron chi connectivity index (χ4n) is 2.21. The van der Waals surface area contributed by atoms with Gasteiger partial charge in [0.15, 0.2) is 11.6 Å². The number of aromatic amines is 1. The van der Waals surface area contributed by atoms with Gasteiger partial charge >= 0.3 is 6.01 Å². The van der Waals surface area contributed by atoms with Crippen LogP contribution in [-0.4, -0.2) is 32.5 Å². The predicted octanol–water partition coefficient (Wildman–Crippen LogP) is 1.82. The van der Waals surface area contributed by atoms with Crippen molar-refractivity contribution < 1.29 is 4.74 Å². The Morgan fingerprint density at radius 1 is 1.42 bits per heavy atom. The molecule has 1 atom stereocenters. The molecule has 1 aliphatic carbocycles. The summed E-state index contributed by atoms with van der Waals surface area (Å²) >= 11 is 0. The Bertz CT molecular complexity index is 549. The number of anilines is 2. The third-order valence-corrected chi connectivity index (χ3v) is 3.19. The first kappa shape index (κ1) is 11.9. The first-order valence-corrected chi connectivity index (χ1v) is 6.23. The highest BCUT2D eigenvalue weighted by atomic mass is 16.5. The van der Waals surface area contributed by atoms with Crippen LogP contribution in [0.2, 0.25) is 0 Å². The molecule has 0 spiro atoms. The fraction of sp³-hybridized carbons (Fsp3) is 0.417. The molecule has 1 aliphatic rings. The molecule has 99 valence electrons. The molecule has 0 amide bonds. The van der Waals surface area contributed by atoms with Crippen LogP contribution in [-0.2, 0) is 0 Å². The van der Waals surface area contributed by atoms with Crippen molar-refractivity contribution in [2.24, 2.45) is 0 Å². The topological polar surface area (TPSA) is 88.6 Å². The molecule has 3 rings (SSSR count). The summed E-state index contributed by atoms with van der Waals surface area (Å²) in [5, 5.41) is 17.9. The van der Waals surface area contributed by atoms with Crippen molar-refractivity contribution in [3.05, 3.63) is 24.4 Å². The summed E-state index contributed by atoms with van der Waals surface area (Å²) in [5.74, 6) is 1.84. The van der Waals surface area contributed by atoms with Crippen molar-refractivity contribution in [1.29, 1.82) is 0 Å². The summed E-state index contributed by atoms with van der Waals surface area (Å²) in [7, 11) is 1.50. The van der Waals surface area contributed by atoms with Crippen LogP contribution < -0.4 is 10.1 Å². The highest BCUT2D eigenvalue weighted by Crippen LogP contribution is 2.33. The minimum atomic E-state index is 0.228. The van der Waals surface area contributed by atoms with Gasteiger partial charge in [-0.05, 0) is 25.7 Å². The molecule has 0 bridgehead atoms. The lowest BCUT2D eigenvalue weighted by atomic mass is 10.0. The van der Waals surface area contributed by atoms with Crippen LogP contribution in [0.3, 0.4) is 0 Å². The van der Waals surface area contributed by atoms with E-state index in [9.17, 15) is 0 Å². The normalized spacial score (nSPS) is 15.6. The predicted molar refractivity (Wildman–Crippen MR) is 69.1 cm³/mol. The summed E-state index contributed by atoms with van der Waals surface area (Å²) < 4.78 is 4.92. The molecule has 7 heteroatoms. The van der Waals surface area contributed by atoms with Gasteiger partial charge in [-0.15, -0.1) is 0 Å². The van der Waals surface area contributed by atoms with Gasteiger partial charge in [0, 0.05) is 17.7 Å². The van der Waals surface area contributed by atoms with E-state index in [0.717, 1.165) is 17.9 Å². The van der Waals surface area contributed by atoms with E-state index in [0.29, 0.717) is 11.7 Å². The van der Waals surface area contributed by atoms with E-state index < -0.39 is 0 Å². The summed E-state index contributed by atoms with van der Waals surface area (Å²) in [6.45, 7) is 0. The summed E-state index contributed by atoms with van der Waals surface area (Å²) in [6.07, 6.45) is 7.33. The number of nitrogens with zero attached hydrogens (tertiary/aromatic N) is 4. The number of ether oxygens (including phenoxy) is 1. The molecule has 1 radical (unpaired) electrons. The Morgan fingerprint density at radius 2 is 2.37 bits per heavy atom. The van der Waals surface area contributed by atoms with Gasteiger partial charge in [0.1, 0.15) is 0 Å². The molecule has 7 nitrogen and oxygen atoms in total. The first-order chi connectivity index (χ1) is 9.35. The summed E-state index contributed by atoms with van der Waals surface area (Å²) in [4.78, 5) is 4.13. The molecule has 1 saturated carbocycles. The summed E-state index contributed by atoms with van der Waals surface area (Å²) in [6, 6.07) is 2.24. The number of aromatic nitrogens is 5. The van der Waals surface area contributed by atoms with E-state index in [1.807, 2.05) is 6.07 Å². The smallest absolute Gasteiger partial charge is 0.337 e. The van der Waals surface area contributed by atoms with Gasteiger partial charge in [-0.3, -0.25) is 5.10 Å². The van der Waals surface area contributed by atoms with Crippen LogP contribution in [0.15, 0.2) is 12.3 Å². The van der Waals surface area contributed by atoms with E-state index in [1.165, 1.54) is 26.1 Å². The zero-order valence-corrected chi connectivity index (χ0v) is 10.6. The SMILES string of the molecule is COc1nncc(Nc2cc([C@H]3C[CH]CC3)[nH]n2)n1. The lowest BCUT2D eigenvalue weighted by Crippen LogP contribution is -1.99. The Balaban J connectivity index is 1.72. The van der Waals surface area contributed by atoms with Crippen LogP contribution in [0, 0.1) is 6.42 Å². The van der Waals surface area contributed by atoms with Gasteiger partial charge in [-0.25, -0.2) is 0 Å². The molecular weight excluding hydrogens is 244 g/mol. The van der Waals surface area contributed by atoms with Crippen LogP contribution in [0.4, 0.5) is 11.6 Å². The van der Waals surface area contributed by atoms with Crippen LogP contribution in [0.25, 0.3) is 0 Å². The number of rotatable bonds is 4. The van der Waals surface area contributed by atoms with E-state index >= 15 is 0 Å². The van der Waals surface area contributed by atoms with E-state index in [2.05, 4.69) is 37.1 Å². The second kappa shape index (κ2) is 5.21. The van der Waals surface area contributed by atoms with Crippen molar-refractivity contribution in [3.63, 3.8) is 0 Å². The zero-order valence-electron chi connectivity index (χ0n) is 10.6. The molecule has 0 aromatic carbocycles. The van der Waals surface area contributed by atoms with Gasteiger partial charge in [0.2, 0.25) is 0 Å². The lowest BCUT2D eigenvalue weighted by Gasteiger charge is -2.03. The number of H-pyrrole nitrogens is 1. The minimum absolute atomic E-state index is 0.228.